The van der Waals surface area contributed by atoms with Crippen LogP contribution in [-0.2, 0) is 29.5 Å². The zero-order chi connectivity index (χ0) is 23.3. The van der Waals surface area contributed by atoms with E-state index >= 15 is 0 Å². The van der Waals surface area contributed by atoms with Crippen LogP contribution in [0.1, 0.15) is 17.8 Å². The molecule has 0 aliphatic carbocycles. The van der Waals surface area contributed by atoms with Crippen molar-refractivity contribution in [1.82, 2.24) is 29.7 Å². The van der Waals surface area contributed by atoms with E-state index in [1.165, 1.54) is 10.9 Å². The average molecular weight is 465 g/mol. The van der Waals surface area contributed by atoms with E-state index in [-0.39, 0.29) is 11.8 Å². The van der Waals surface area contributed by atoms with Gasteiger partial charge in [-0.2, -0.15) is 0 Å². The molecule has 2 saturated heterocycles. The molecule has 0 unspecified atom stereocenters. The number of rotatable bonds is 8. The van der Waals surface area contributed by atoms with Gasteiger partial charge in [0.05, 0.1) is 25.7 Å². The summed E-state index contributed by atoms with van der Waals surface area (Å²) < 4.78 is 7.60. The highest BCUT2D eigenvalue weighted by atomic mass is 16.5. The van der Waals surface area contributed by atoms with Gasteiger partial charge in [0.2, 0.25) is 5.91 Å². The summed E-state index contributed by atoms with van der Waals surface area (Å²) in [6, 6.07) is 8.32. The Morgan fingerprint density at radius 2 is 2.06 bits per heavy atom. The summed E-state index contributed by atoms with van der Waals surface area (Å²) >= 11 is 0. The molecule has 2 aliphatic rings. The predicted octanol–water partition coefficient (Wildman–Crippen LogP) is 2.03. The van der Waals surface area contributed by atoms with Crippen LogP contribution in [-0.4, -0.2) is 82.7 Å². The Kier molecular flexibility index (Phi) is 7.27. The molecule has 0 saturated carbocycles. The zero-order valence-corrected chi connectivity index (χ0v) is 20.1. The molecule has 8 nitrogen and oxygen atoms in total. The van der Waals surface area contributed by atoms with Gasteiger partial charge in [-0.3, -0.25) is 14.6 Å². The Labute approximate surface area is 201 Å². The number of piperidine rings is 1. The van der Waals surface area contributed by atoms with Gasteiger partial charge in [-0.15, -0.1) is 0 Å². The van der Waals surface area contributed by atoms with Crippen molar-refractivity contribution in [1.29, 1.82) is 0 Å². The third-order valence-electron chi connectivity index (χ3n) is 7.26. The highest BCUT2D eigenvalue weighted by molar-refractivity contribution is 5.83. The highest BCUT2D eigenvalue weighted by Gasteiger charge is 2.33. The maximum atomic E-state index is 13.2. The molecule has 2 aliphatic heterocycles. The van der Waals surface area contributed by atoms with Gasteiger partial charge in [0.25, 0.3) is 0 Å². The fourth-order valence-corrected chi connectivity index (χ4v) is 5.46. The molecular formula is C26H36N6O2. The number of morpholine rings is 1. The number of aryl methyl sites for hydroxylation is 1. The van der Waals surface area contributed by atoms with Gasteiger partial charge < -0.3 is 19.6 Å². The standard InChI is InChI=1S/C26H36N6O2/c1-30-9-8-27-25(30)19-32-17-20(16-31-10-12-34-13-11-31)14-22(18-32)26(33)28-7-6-21-15-29-24-5-3-2-4-23(21)24/h2-5,8-9,15,20,22,29H,6-7,10-14,16-19H2,1H3,(H,28,33)/t20-,22-/m1/s1. The smallest absolute Gasteiger partial charge is 0.224 e. The molecule has 8 heteroatoms. The lowest BCUT2D eigenvalue weighted by Gasteiger charge is -2.39. The summed E-state index contributed by atoms with van der Waals surface area (Å²) in [6.45, 7) is 7.83. The van der Waals surface area contributed by atoms with Crippen LogP contribution in [0.2, 0.25) is 0 Å². The van der Waals surface area contributed by atoms with Gasteiger partial charge in [0.15, 0.2) is 0 Å². The zero-order valence-electron chi connectivity index (χ0n) is 20.1. The average Bonchev–Trinajstić information content (AvgIpc) is 3.45. The molecule has 2 fully saturated rings. The van der Waals surface area contributed by atoms with E-state index in [1.54, 1.807) is 0 Å². The number of para-hydroxylation sites is 1. The summed E-state index contributed by atoms with van der Waals surface area (Å²) in [5.41, 5.74) is 2.40. The summed E-state index contributed by atoms with van der Waals surface area (Å²) in [6.07, 6.45) is 7.66. The number of likely N-dealkylation sites (tertiary alicyclic amines) is 1. The molecule has 2 aromatic heterocycles. The highest BCUT2D eigenvalue weighted by Crippen LogP contribution is 2.25. The van der Waals surface area contributed by atoms with Crippen LogP contribution in [0.25, 0.3) is 10.9 Å². The van der Waals surface area contributed by atoms with Crippen LogP contribution in [0, 0.1) is 11.8 Å². The number of imidazole rings is 1. The van der Waals surface area contributed by atoms with Crippen LogP contribution in [0.3, 0.4) is 0 Å². The molecule has 2 atom stereocenters. The van der Waals surface area contributed by atoms with Crippen molar-refractivity contribution in [3.63, 3.8) is 0 Å². The maximum Gasteiger partial charge on any atom is 0.224 e. The molecule has 182 valence electrons. The van der Waals surface area contributed by atoms with Gasteiger partial charge in [-0.1, -0.05) is 18.2 Å². The molecular weight excluding hydrogens is 428 g/mol. The van der Waals surface area contributed by atoms with Gasteiger partial charge >= 0.3 is 0 Å². The first-order valence-electron chi connectivity index (χ1n) is 12.5. The second kappa shape index (κ2) is 10.7. The van der Waals surface area contributed by atoms with Crippen LogP contribution in [0.5, 0.6) is 0 Å². The van der Waals surface area contributed by atoms with E-state index in [1.807, 2.05) is 25.5 Å². The van der Waals surface area contributed by atoms with Gasteiger partial charge in [-0.25, -0.2) is 4.98 Å². The fraction of sp³-hybridized carbons (Fsp3) is 0.538. The summed E-state index contributed by atoms with van der Waals surface area (Å²) in [5.74, 6) is 1.70. The Balaban J connectivity index is 1.20. The first kappa shape index (κ1) is 23.1. The quantitative estimate of drug-likeness (QED) is 0.533. The van der Waals surface area contributed by atoms with Crippen LogP contribution >= 0.6 is 0 Å². The van der Waals surface area contributed by atoms with E-state index in [0.717, 1.165) is 76.7 Å². The first-order valence-corrected chi connectivity index (χ1v) is 12.5. The molecule has 3 aromatic rings. The lowest BCUT2D eigenvalue weighted by molar-refractivity contribution is -0.127. The van der Waals surface area contributed by atoms with Gasteiger partial charge in [-0.05, 0) is 30.4 Å². The number of amides is 1. The minimum atomic E-state index is 0.00280. The van der Waals surface area contributed by atoms with Crippen molar-refractivity contribution in [3.05, 3.63) is 54.2 Å². The van der Waals surface area contributed by atoms with Crippen molar-refractivity contribution in [3.8, 4) is 0 Å². The number of aromatic amines is 1. The lowest BCUT2D eigenvalue weighted by Crippen LogP contribution is -2.50. The number of ether oxygens (including phenoxy) is 1. The van der Waals surface area contributed by atoms with Gasteiger partial charge in [0.1, 0.15) is 5.82 Å². The number of fused-ring (bicyclic) bond motifs is 1. The molecule has 0 bridgehead atoms. The SMILES string of the molecule is Cn1ccnc1CN1C[C@@H](CN2CCOCC2)C[C@@H](C(=O)NCCc2c[nH]c3ccccc23)C1. The van der Waals surface area contributed by atoms with E-state index in [0.29, 0.717) is 12.5 Å². The maximum absolute atomic E-state index is 13.2. The van der Waals surface area contributed by atoms with Crippen LogP contribution in [0.4, 0.5) is 0 Å². The Morgan fingerprint density at radius 3 is 2.88 bits per heavy atom. The third-order valence-corrected chi connectivity index (χ3v) is 7.26. The van der Waals surface area contributed by atoms with E-state index < -0.39 is 0 Å². The Morgan fingerprint density at radius 1 is 1.21 bits per heavy atom. The van der Waals surface area contributed by atoms with E-state index in [4.69, 9.17) is 4.74 Å². The number of carbonyl (C=O) groups excluding carboxylic acids is 1. The second-order valence-electron chi connectivity index (χ2n) is 9.76. The molecule has 0 spiro atoms. The van der Waals surface area contributed by atoms with Crippen molar-refractivity contribution in [2.24, 2.45) is 18.9 Å². The number of benzene rings is 1. The summed E-state index contributed by atoms with van der Waals surface area (Å²) in [4.78, 5) is 26.0. The number of hydrogen-bond donors (Lipinski definition) is 2. The number of aromatic nitrogens is 3. The largest absolute Gasteiger partial charge is 0.379 e. The van der Waals surface area contributed by atoms with Crippen molar-refractivity contribution < 1.29 is 9.53 Å². The third kappa shape index (κ3) is 5.51. The number of nitrogens with zero attached hydrogens (tertiary/aromatic N) is 4. The van der Waals surface area contributed by atoms with Gasteiger partial charge in [0, 0.05) is 75.8 Å². The van der Waals surface area contributed by atoms with Crippen LogP contribution in [0.15, 0.2) is 42.9 Å². The molecule has 34 heavy (non-hydrogen) atoms. The molecule has 1 aromatic carbocycles. The molecule has 5 rings (SSSR count). The molecule has 1 amide bonds. The molecule has 2 N–H and O–H groups in total. The van der Waals surface area contributed by atoms with Crippen molar-refractivity contribution >= 4 is 16.8 Å². The molecule has 4 heterocycles. The lowest BCUT2D eigenvalue weighted by atomic mass is 9.88. The first-order chi connectivity index (χ1) is 16.7. The van der Waals surface area contributed by atoms with Crippen molar-refractivity contribution in [2.45, 2.75) is 19.4 Å². The van der Waals surface area contributed by atoms with Crippen LogP contribution < -0.4 is 5.32 Å². The Bertz CT molecular complexity index is 1090. The topological polar surface area (TPSA) is 78.4 Å². The summed E-state index contributed by atoms with van der Waals surface area (Å²) in [5, 5.41) is 4.47. The molecule has 0 radical (unpaired) electrons. The normalized spacial score (nSPS) is 22.3. The summed E-state index contributed by atoms with van der Waals surface area (Å²) in [7, 11) is 2.03. The van der Waals surface area contributed by atoms with Crippen molar-refractivity contribution in [2.75, 3.05) is 52.5 Å². The fourth-order valence-electron chi connectivity index (χ4n) is 5.46. The van der Waals surface area contributed by atoms with E-state index in [2.05, 4.69) is 54.0 Å². The van der Waals surface area contributed by atoms with E-state index in [9.17, 15) is 4.79 Å². The number of H-pyrrole nitrogens is 1. The second-order valence-corrected chi connectivity index (χ2v) is 9.76. The Hall–Kier alpha value is -2.68. The number of hydrogen-bond acceptors (Lipinski definition) is 5. The number of nitrogens with one attached hydrogen (secondary N) is 2. The minimum Gasteiger partial charge on any atom is -0.379 e. The number of carbonyl (C=O) groups is 1. The monoisotopic (exact) mass is 464 g/mol. The predicted molar refractivity (Wildman–Crippen MR) is 132 cm³/mol. The minimum absolute atomic E-state index is 0.00280.